The van der Waals surface area contributed by atoms with Gasteiger partial charge in [0.05, 0.1) is 11.5 Å². The third-order valence-electron chi connectivity index (χ3n) is 5.17. The number of hydrogen-bond donors (Lipinski definition) is 0. The van der Waals surface area contributed by atoms with Gasteiger partial charge in [-0.2, -0.15) is 0 Å². The number of benzene rings is 2. The summed E-state index contributed by atoms with van der Waals surface area (Å²) in [5.74, 6) is 0.450. The van der Waals surface area contributed by atoms with Crippen molar-refractivity contribution in [3.63, 3.8) is 0 Å². The van der Waals surface area contributed by atoms with Crippen LogP contribution in [0.3, 0.4) is 0 Å². The molecule has 3 nitrogen and oxygen atoms in total. The van der Waals surface area contributed by atoms with E-state index in [1.54, 1.807) is 23.9 Å². The molecule has 34 heavy (non-hydrogen) atoms. The maximum Gasteiger partial charge on any atom is -0.358 e. The van der Waals surface area contributed by atoms with Gasteiger partial charge in [0, 0.05) is 25.4 Å². The van der Waals surface area contributed by atoms with E-state index in [4.69, 9.17) is 11.6 Å². The molecule has 1 aliphatic heterocycles. The summed E-state index contributed by atoms with van der Waals surface area (Å²) >= 11 is 12.2. The van der Waals surface area contributed by atoms with Crippen molar-refractivity contribution in [3.05, 3.63) is 78.7 Å². The van der Waals surface area contributed by atoms with Crippen LogP contribution in [0.1, 0.15) is 37.5 Å². The molecule has 1 heterocycles. The van der Waals surface area contributed by atoms with Gasteiger partial charge in [-0.25, -0.2) is 8.61 Å². The Bertz CT molecular complexity index is 824. The molecule has 7 heteroatoms. The van der Waals surface area contributed by atoms with Crippen molar-refractivity contribution in [2.45, 2.75) is 45.7 Å². The summed E-state index contributed by atoms with van der Waals surface area (Å²) in [6, 6.07) is 18.2. The van der Waals surface area contributed by atoms with Crippen LogP contribution in [0.25, 0.3) is 0 Å². The first-order valence-corrected chi connectivity index (χ1v) is 14.8. The number of Topliss-reactive ketones (excluding diaryl/α,β-unsaturated/α-hetero) is 1. The molecule has 0 aliphatic carbocycles. The van der Waals surface area contributed by atoms with Crippen LogP contribution in [0.2, 0.25) is 0 Å². The van der Waals surface area contributed by atoms with E-state index >= 15 is 0 Å². The Morgan fingerprint density at radius 3 is 1.91 bits per heavy atom. The van der Waals surface area contributed by atoms with Gasteiger partial charge in [0.25, 0.3) is 0 Å². The van der Waals surface area contributed by atoms with Crippen LogP contribution in [-0.4, -0.2) is 56.1 Å². The maximum atomic E-state index is 11.3. The first kappa shape index (κ1) is 33.5. The van der Waals surface area contributed by atoms with E-state index < -0.39 is 0 Å². The Morgan fingerprint density at radius 2 is 1.53 bits per heavy atom. The van der Waals surface area contributed by atoms with E-state index in [1.807, 2.05) is 50.2 Å². The summed E-state index contributed by atoms with van der Waals surface area (Å²) in [6.45, 7) is 10.3. The van der Waals surface area contributed by atoms with Gasteiger partial charge in [0.15, 0.2) is 0 Å². The maximum absolute atomic E-state index is 11.3. The van der Waals surface area contributed by atoms with E-state index in [0.29, 0.717) is 18.4 Å². The minimum Gasteiger partial charge on any atom is -0.358 e. The Labute approximate surface area is 231 Å². The largest absolute Gasteiger partial charge is 0.358 e. The van der Waals surface area contributed by atoms with Crippen molar-refractivity contribution in [2.75, 3.05) is 25.6 Å². The van der Waals surface area contributed by atoms with Crippen LogP contribution in [0.5, 0.6) is 0 Å². The van der Waals surface area contributed by atoms with Gasteiger partial charge >= 0.3 is 64.8 Å². The second-order valence-electron chi connectivity index (χ2n) is 7.98. The molecule has 1 saturated heterocycles. The smallest absolute Gasteiger partial charge is 0.358 e. The fourth-order valence-corrected chi connectivity index (χ4v) is 5.75. The average molecular weight is 609 g/mol. The molecule has 1 fully saturated rings. The quantitative estimate of drug-likeness (QED) is 0.150. The van der Waals surface area contributed by atoms with Crippen molar-refractivity contribution in [1.82, 2.24) is 8.61 Å². The molecule has 1 aliphatic rings. The molecular weight excluding hydrogens is 569 g/mol. The van der Waals surface area contributed by atoms with Crippen LogP contribution in [0, 0.1) is 20.3 Å². The third kappa shape index (κ3) is 12.0. The second-order valence-corrected chi connectivity index (χ2v) is 10.8. The SMILES string of the molecule is CC(C)C(=O)Cc1ccccc1.CSN1CCN(SC)C1[C@H](C)Cl.Cc1ccccc1[CH]=[Ru+].[CH3-]. The predicted octanol–water partition coefficient (Wildman–Crippen LogP) is 6.71. The van der Waals surface area contributed by atoms with Gasteiger partial charge in [-0.05, 0) is 25.0 Å². The third-order valence-corrected chi connectivity index (χ3v) is 7.68. The Kier molecular flexibility index (Phi) is 18.5. The fourth-order valence-electron chi connectivity index (χ4n) is 3.16. The van der Waals surface area contributed by atoms with Crippen LogP contribution >= 0.6 is 35.5 Å². The first-order chi connectivity index (χ1) is 15.7. The summed E-state index contributed by atoms with van der Waals surface area (Å²) in [5, 5.41) is 0.187. The molecule has 2 aromatic carbocycles. The van der Waals surface area contributed by atoms with Gasteiger partial charge in [-0.3, -0.25) is 4.79 Å². The number of rotatable bonds is 7. The van der Waals surface area contributed by atoms with E-state index in [2.05, 4.69) is 75.6 Å². The number of nitrogens with zero attached hydrogens (tertiary/aromatic N) is 2. The molecule has 0 radical (unpaired) electrons. The van der Waals surface area contributed by atoms with Gasteiger partial charge in [-0.15, -0.1) is 11.6 Å². The van der Waals surface area contributed by atoms with Crippen molar-refractivity contribution < 1.29 is 22.6 Å². The zero-order valence-electron chi connectivity index (χ0n) is 21.5. The molecule has 0 amide bonds. The minimum absolute atomic E-state index is 0. The van der Waals surface area contributed by atoms with Crippen LogP contribution in [0.4, 0.5) is 0 Å². The first-order valence-electron chi connectivity index (χ1n) is 11.0. The number of carbonyl (C=O) groups excluding carboxylic acids is 1. The van der Waals surface area contributed by atoms with E-state index in [-0.39, 0.29) is 18.7 Å². The van der Waals surface area contributed by atoms with E-state index in [1.165, 1.54) is 11.1 Å². The topological polar surface area (TPSA) is 23.6 Å². The van der Waals surface area contributed by atoms with Crippen LogP contribution < -0.4 is 0 Å². The Morgan fingerprint density at radius 1 is 1.03 bits per heavy atom. The van der Waals surface area contributed by atoms with Gasteiger partial charge in [0.2, 0.25) is 0 Å². The van der Waals surface area contributed by atoms with Crippen LogP contribution in [-0.2, 0) is 29.1 Å². The second kappa shape index (κ2) is 18.7. The number of halogens is 1. The van der Waals surface area contributed by atoms with E-state index in [0.717, 1.165) is 18.7 Å². The summed E-state index contributed by atoms with van der Waals surface area (Å²) in [5.41, 5.74) is 3.74. The molecule has 0 aromatic heterocycles. The van der Waals surface area contributed by atoms with Gasteiger partial charge in [0.1, 0.15) is 5.78 Å². The summed E-state index contributed by atoms with van der Waals surface area (Å²) in [7, 11) is 0. The zero-order valence-corrected chi connectivity index (χ0v) is 25.6. The monoisotopic (exact) mass is 609 g/mol. The zero-order chi connectivity index (χ0) is 24.8. The molecule has 191 valence electrons. The number of aryl methyl sites for hydroxylation is 1. The van der Waals surface area contributed by atoms with Crippen molar-refractivity contribution >= 4 is 45.9 Å². The van der Waals surface area contributed by atoms with Crippen LogP contribution in [0.15, 0.2) is 54.6 Å². The Hall–Kier alpha value is -0.487. The average Bonchev–Trinajstić information content (AvgIpc) is 3.24. The van der Waals surface area contributed by atoms with Crippen molar-refractivity contribution in [1.29, 1.82) is 0 Å². The molecule has 1 atom stereocenters. The molecule has 2 aromatic rings. The number of ketones is 1. The molecular formula is C27H40ClN2ORuS2. The normalized spacial score (nSPS) is 14.8. The van der Waals surface area contributed by atoms with Gasteiger partial charge < -0.3 is 7.43 Å². The molecule has 0 unspecified atom stereocenters. The van der Waals surface area contributed by atoms with E-state index in [9.17, 15) is 4.79 Å². The Balaban J connectivity index is 0.000000479. The summed E-state index contributed by atoms with van der Waals surface area (Å²) in [6.07, 6.45) is 5.17. The molecule has 0 bridgehead atoms. The molecule has 0 saturated carbocycles. The molecule has 0 spiro atoms. The van der Waals surface area contributed by atoms with Gasteiger partial charge in [-0.1, -0.05) is 68.1 Å². The number of carbonyl (C=O) groups is 1. The predicted molar refractivity (Wildman–Crippen MR) is 152 cm³/mol. The van der Waals surface area contributed by atoms with Crippen molar-refractivity contribution in [3.8, 4) is 0 Å². The standard InChI is InChI=1S/C11H14O.C8H8.C7H15ClN2S2.CH3.Ru/c1-9(2)11(12)8-10-6-4-3-5-7-10;1-7-5-3-4-6-8(7)2;1-6(8)7-9(11-2)4-5-10(7)12-3;;/h3-7,9H,8H2,1-2H3;1,3-6H,2H3;6-7H,4-5H2,1-3H3;1H3;/q;;;-1;+1/t;;6-;;/m..0../s1. The number of alkyl halides is 1. The summed E-state index contributed by atoms with van der Waals surface area (Å²) < 4.78 is 6.73. The molecule has 0 N–H and O–H groups in total. The summed E-state index contributed by atoms with van der Waals surface area (Å²) in [4.78, 5) is 11.3. The minimum atomic E-state index is 0. The number of hydrogen-bond acceptors (Lipinski definition) is 5. The van der Waals surface area contributed by atoms with Crippen molar-refractivity contribution in [2.24, 2.45) is 5.92 Å². The fraction of sp³-hybridized carbons (Fsp3) is 0.444. The molecule has 3 rings (SSSR count).